The van der Waals surface area contributed by atoms with E-state index in [-0.39, 0.29) is 5.41 Å². The Morgan fingerprint density at radius 1 is 1.04 bits per heavy atom. The molecule has 0 amide bonds. The van der Waals surface area contributed by atoms with Crippen LogP contribution in [0.15, 0.2) is 54.6 Å². The van der Waals surface area contributed by atoms with Gasteiger partial charge in [-0.15, -0.1) is 0 Å². The van der Waals surface area contributed by atoms with Gasteiger partial charge in [-0.2, -0.15) is 13.2 Å². The predicted molar refractivity (Wildman–Crippen MR) is 95.3 cm³/mol. The Morgan fingerprint density at radius 2 is 1.77 bits per heavy atom. The molecule has 0 unspecified atom stereocenters. The maximum Gasteiger partial charge on any atom is 0.401 e. The van der Waals surface area contributed by atoms with E-state index in [0.29, 0.717) is 38.4 Å². The first-order valence-electron chi connectivity index (χ1n) is 8.67. The van der Waals surface area contributed by atoms with Crippen molar-refractivity contribution in [3.63, 3.8) is 0 Å². The normalized spacial score (nSPS) is 16.9. The lowest BCUT2D eigenvalue weighted by Gasteiger charge is -2.51. The second-order valence-electron chi connectivity index (χ2n) is 6.87. The lowest BCUT2D eigenvalue weighted by Crippen LogP contribution is -2.62. The zero-order valence-corrected chi connectivity index (χ0v) is 14.5. The van der Waals surface area contributed by atoms with E-state index in [0.717, 1.165) is 11.1 Å². The Balaban J connectivity index is 1.82. The molecule has 1 fully saturated rings. The van der Waals surface area contributed by atoms with E-state index in [4.69, 9.17) is 10.5 Å². The number of alkyl halides is 3. The molecule has 3 nitrogen and oxygen atoms in total. The van der Waals surface area contributed by atoms with E-state index in [1.54, 1.807) is 0 Å². The van der Waals surface area contributed by atoms with Crippen molar-refractivity contribution in [2.75, 3.05) is 32.8 Å². The standard InChI is InChI=1S/C20H23F3N2O/c21-20(22,23)15-25-13-19(14-25,12-16-5-2-1-3-6-16)17-7-4-8-18(11-17)26-10-9-24/h1-8,11H,9-10,12-15,24H2. The van der Waals surface area contributed by atoms with Crippen molar-refractivity contribution in [1.29, 1.82) is 0 Å². The second-order valence-corrected chi connectivity index (χ2v) is 6.87. The van der Waals surface area contributed by atoms with Gasteiger partial charge in [0.25, 0.3) is 0 Å². The first-order chi connectivity index (χ1) is 12.4. The third-order valence-electron chi connectivity index (χ3n) is 4.67. The highest BCUT2D eigenvalue weighted by molar-refractivity contribution is 5.39. The Kier molecular flexibility index (Phi) is 5.53. The Bertz CT molecular complexity index is 712. The van der Waals surface area contributed by atoms with Crippen LogP contribution in [0.3, 0.4) is 0 Å². The van der Waals surface area contributed by atoms with E-state index in [2.05, 4.69) is 0 Å². The van der Waals surface area contributed by atoms with E-state index in [1.807, 2.05) is 54.6 Å². The Morgan fingerprint density at radius 3 is 2.42 bits per heavy atom. The zero-order valence-electron chi connectivity index (χ0n) is 14.5. The van der Waals surface area contributed by atoms with E-state index < -0.39 is 12.7 Å². The van der Waals surface area contributed by atoms with Crippen LogP contribution in [0.5, 0.6) is 5.75 Å². The van der Waals surface area contributed by atoms with Gasteiger partial charge in [0.15, 0.2) is 0 Å². The molecule has 6 heteroatoms. The molecular formula is C20H23F3N2O. The van der Waals surface area contributed by atoms with Gasteiger partial charge in [0, 0.05) is 25.0 Å². The first-order valence-corrected chi connectivity index (χ1v) is 8.67. The van der Waals surface area contributed by atoms with Crippen molar-refractivity contribution < 1.29 is 17.9 Å². The van der Waals surface area contributed by atoms with Crippen LogP contribution in [0.25, 0.3) is 0 Å². The minimum absolute atomic E-state index is 0.339. The third-order valence-corrected chi connectivity index (χ3v) is 4.67. The summed E-state index contributed by atoms with van der Waals surface area (Å²) in [5.41, 5.74) is 7.27. The highest BCUT2D eigenvalue weighted by Gasteiger charge is 2.47. The number of nitrogens with zero attached hydrogens (tertiary/aromatic N) is 1. The maximum atomic E-state index is 12.7. The lowest BCUT2D eigenvalue weighted by atomic mass is 9.69. The fourth-order valence-electron chi connectivity index (χ4n) is 3.65. The van der Waals surface area contributed by atoms with Crippen LogP contribution in [-0.2, 0) is 11.8 Å². The number of likely N-dealkylation sites (tertiary alicyclic amines) is 1. The maximum absolute atomic E-state index is 12.7. The first kappa shape index (κ1) is 18.7. The molecule has 2 aromatic carbocycles. The average molecular weight is 364 g/mol. The molecule has 1 aliphatic heterocycles. The number of halogens is 3. The van der Waals surface area contributed by atoms with Crippen LogP contribution in [-0.4, -0.2) is 43.9 Å². The van der Waals surface area contributed by atoms with Gasteiger partial charge in [-0.05, 0) is 29.7 Å². The molecule has 0 radical (unpaired) electrons. The number of hydrogen-bond donors (Lipinski definition) is 1. The van der Waals surface area contributed by atoms with Gasteiger partial charge in [-0.1, -0.05) is 42.5 Å². The SMILES string of the molecule is NCCOc1cccc(C2(Cc3ccccc3)CN(CC(F)(F)F)C2)c1. The monoisotopic (exact) mass is 364 g/mol. The van der Waals surface area contributed by atoms with Gasteiger partial charge >= 0.3 is 6.18 Å². The topological polar surface area (TPSA) is 38.5 Å². The number of hydrogen-bond acceptors (Lipinski definition) is 3. The molecule has 0 spiro atoms. The summed E-state index contributed by atoms with van der Waals surface area (Å²) in [7, 11) is 0. The van der Waals surface area contributed by atoms with Crippen molar-refractivity contribution in [3.05, 3.63) is 65.7 Å². The van der Waals surface area contributed by atoms with Crippen LogP contribution in [0.2, 0.25) is 0 Å². The van der Waals surface area contributed by atoms with Gasteiger partial charge in [0.1, 0.15) is 12.4 Å². The van der Waals surface area contributed by atoms with Gasteiger partial charge in [-0.3, -0.25) is 4.90 Å². The van der Waals surface area contributed by atoms with Gasteiger partial charge < -0.3 is 10.5 Å². The highest BCUT2D eigenvalue weighted by Crippen LogP contribution is 2.40. The molecule has 0 aliphatic carbocycles. The van der Waals surface area contributed by atoms with Gasteiger partial charge in [-0.25, -0.2) is 0 Å². The molecule has 1 saturated heterocycles. The summed E-state index contributed by atoms with van der Waals surface area (Å²) in [6, 6.07) is 17.5. The van der Waals surface area contributed by atoms with Crippen molar-refractivity contribution in [2.24, 2.45) is 5.73 Å². The zero-order chi connectivity index (χ0) is 18.6. The molecule has 0 bridgehead atoms. The van der Waals surface area contributed by atoms with Crippen LogP contribution in [0.4, 0.5) is 13.2 Å². The summed E-state index contributed by atoms with van der Waals surface area (Å²) < 4.78 is 43.8. The van der Waals surface area contributed by atoms with Crippen LogP contribution in [0.1, 0.15) is 11.1 Å². The summed E-state index contributed by atoms with van der Waals surface area (Å²) in [6.07, 6.45) is -3.48. The fraction of sp³-hybridized carbons (Fsp3) is 0.400. The molecule has 1 heterocycles. The summed E-state index contributed by atoms with van der Waals surface area (Å²) in [5.74, 6) is 0.703. The molecule has 0 aromatic heterocycles. The lowest BCUT2D eigenvalue weighted by molar-refractivity contribution is -0.161. The molecule has 1 aliphatic rings. The molecule has 0 saturated carbocycles. The summed E-state index contributed by atoms with van der Waals surface area (Å²) in [6.45, 7) is 0.713. The van der Waals surface area contributed by atoms with E-state index in [1.165, 1.54) is 4.90 Å². The highest BCUT2D eigenvalue weighted by atomic mass is 19.4. The van der Waals surface area contributed by atoms with Crippen molar-refractivity contribution in [1.82, 2.24) is 4.90 Å². The van der Waals surface area contributed by atoms with Crippen LogP contribution < -0.4 is 10.5 Å². The van der Waals surface area contributed by atoms with Crippen LogP contribution >= 0.6 is 0 Å². The second kappa shape index (κ2) is 7.68. The minimum Gasteiger partial charge on any atom is -0.492 e. The van der Waals surface area contributed by atoms with Crippen molar-refractivity contribution in [3.8, 4) is 5.75 Å². The molecule has 0 atom stereocenters. The van der Waals surface area contributed by atoms with Crippen LogP contribution in [0, 0.1) is 0 Å². The summed E-state index contributed by atoms with van der Waals surface area (Å²) in [4.78, 5) is 1.45. The van der Waals surface area contributed by atoms with Crippen molar-refractivity contribution >= 4 is 0 Å². The van der Waals surface area contributed by atoms with E-state index in [9.17, 15) is 13.2 Å². The largest absolute Gasteiger partial charge is 0.492 e. The van der Waals surface area contributed by atoms with Gasteiger partial charge in [0.2, 0.25) is 0 Å². The van der Waals surface area contributed by atoms with Gasteiger partial charge in [0.05, 0.1) is 6.54 Å². The summed E-state index contributed by atoms with van der Waals surface area (Å²) >= 11 is 0. The van der Waals surface area contributed by atoms with E-state index >= 15 is 0 Å². The molecular weight excluding hydrogens is 341 g/mol. The molecule has 2 N–H and O–H groups in total. The quantitative estimate of drug-likeness (QED) is 0.819. The molecule has 2 aromatic rings. The fourth-order valence-corrected chi connectivity index (χ4v) is 3.65. The number of benzene rings is 2. The number of rotatable bonds is 7. The Labute approximate surface area is 151 Å². The number of ether oxygens (including phenoxy) is 1. The molecule has 26 heavy (non-hydrogen) atoms. The minimum atomic E-state index is -4.18. The Hall–Kier alpha value is -2.05. The summed E-state index contributed by atoms with van der Waals surface area (Å²) in [5, 5.41) is 0. The average Bonchev–Trinajstić information content (AvgIpc) is 2.58. The van der Waals surface area contributed by atoms with Crippen molar-refractivity contribution in [2.45, 2.75) is 18.0 Å². The molecule has 140 valence electrons. The smallest absolute Gasteiger partial charge is 0.401 e. The number of nitrogens with two attached hydrogens (primary N) is 1. The molecule has 3 rings (SSSR count). The third kappa shape index (κ3) is 4.56. The predicted octanol–water partition coefficient (Wildman–Crippen LogP) is 3.38.